The molecule has 2 nitrogen and oxygen atoms in total. The molecule has 0 aliphatic heterocycles. The van der Waals surface area contributed by atoms with E-state index in [9.17, 15) is 0 Å². The van der Waals surface area contributed by atoms with Crippen LogP contribution >= 0.6 is 0 Å². The Morgan fingerprint density at radius 2 is 0.655 bits per heavy atom. The second kappa shape index (κ2) is 26.0. The van der Waals surface area contributed by atoms with Gasteiger partial charge >= 0.3 is 0 Å². The molecule has 0 aliphatic carbocycles. The first-order valence-corrected chi connectivity index (χ1v) is 13.8. The normalized spacial score (nSPS) is 11.6. The van der Waals surface area contributed by atoms with Crippen LogP contribution in [0.4, 0.5) is 0 Å². The van der Waals surface area contributed by atoms with Crippen LogP contribution in [-0.4, -0.2) is 31.1 Å². The summed E-state index contributed by atoms with van der Waals surface area (Å²) in [6, 6.07) is 0. The van der Waals surface area contributed by atoms with Crippen molar-refractivity contribution in [3.63, 3.8) is 0 Å². The van der Waals surface area contributed by atoms with E-state index in [1.165, 1.54) is 154 Å². The molecule has 0 atom stereocenters. The number of hydrogen-bond donors (Lipinski definition) is 1. The second-order valence-corrected chi connectivity index (χ2v) is 9.35. The van der Waals surface area contributed by atoms with Gasteiger partial charge in [0, 0.05) is 0 Å². The Kier molecular flexibility index (Phi) is 25.9. The van der Waals surface area contributed by atoms with Crippen LogP contribution in [0.3, 0.4) is 0 Å². The monoisotopic (exact) mass is 410 g/mol. The number of hydrogen-bond acceptors (Lipinski definition) is 2. The molecule has 2 N–H and O–H groups in total. The maximum absolute atomic E-state index is 5.64. The zero-order valence-electron chi connectivity index (χ0n) is 20.7. The molecule has 0 rings (SSSR count). The second-order valence-electron chi connectivity index (χ2n) is 9.35. The van der Waals surface area contributed by atoms with Gasteiger partial charge in [-0.2, -0.15) is 0 Å². The van der Waals surface area contributed by atoms with Crippen LogP contribution in [0, 0.1) is 0 Å². The maximum Gasteiger partial charge on any atom is -0.00187 e. The van der Waals surface area contributed by atoms with Gasteiger partial charge in [-0.3, -0.25) is 0 Å². The zero-order valence-corrected chi connectivity index (χ0v) is 20.7. The molecular formula is C27H58N2. The fourth-order valence-electron chi connectivity index (χ4n) is 4.28. The van der Waals surface area contributed by atoms with Gasteiger partial charge in [-0.05, 0) is 51.9 Å². The summed E-state index contributed by atoms with van der Waals surface area (Å²) in [5.74, 6) is 0. The van der Waals surface area contributed by atoms with Gasteiger partial charge in [0.15, 0.2) is 0 Å². The molecule has 176 valence electrons. The van der Waals surface area contributed by atoms with Crippen LogP contribution in [0.5, 0.6) is 0 Å². The van der Waals surface area contributed by atoms with Gasteiger partial charge in [0.1, 0.15) is 0 Å². The van der Waals surface area contributed by atoms with Gasteiger partial charge in [-0.25, -0.2) is 0 Å². The molecule has 0 aromatic carbocycles. The molecule has 0 heterocycles. The van der Waals surface area contributed by atoms with Crippen LogP contribution in [0.25, 0.3) is 0 Å². The molecule has 29 heavy (non-hydrogen) atoms. The van der Waals surface area contributed by atoms with Crippen LogP contribution in [-0.2, 0) is 0 Å². The summed E-state index contributed by atoms with van der Waals surface area (Å²) in [6.45, 7) is 9.41. The molecule has 0 spiro atoms. The Labute approximate surface area is 185 Å². The highest BCUT2D eigenvalue weighted by Gasteiger charge is 2.04. The van der Waals surface area contributed by atoms with Crippen LogP contribution < -0.4 is 5.73 Å². The number of unbranched alkanes of at least 4 members (excludes halogenated alkanes) is 18. The van der Waals surface area contributed by atoms with E-state index < -0.39 is 0 Å². The summed E-state index contributed by atoms with van der Waals surface area (Å²) in [5, 5.41) is 0. The van der Waals surface area contributed by atoms with Crippen molar-refractivity contribution in [2.75, 3.05) is 26.2 Å². The maximum atomic E-state index is 5.64. The van der Waals surface area contributed by atoms with E-state index in [4.69, 9.17) is 5.73 Å². The largest absolute Gasteiger partial charge is 0.330 e. The molecule has 0 unspecified atom stereocenters. The number of rotatable bonds is 25. The minimum absolute atomic E-state index is 0.857. The van der Waals surface area contributed by atoms with Crippen LogP contribution in [0.1, 0.15) is 149 Å². The van der Waals surface area contributed by atoms with Crippen molar-refractivity contribution in [1.82, 2.24) is 4.90 Å². The minimum atomic E-state index is 0.857. The lowest BCUT2D eigenvalue weighted by Gasteiger charge is -2.22. The van der Waals surface area contributed by atoms with Crippen molar-refractivity contribution in [3.8, 4) is 0 Å². The molecule has 0 aliphatic rings. The summed E-state index contributed by atoms with van der Waals surface area (Å²) < 4.78 is 0. The van der Waals surface area contributed by atoms with Crippen molar-refractivity contribution in [2.45, 2.75) is 149 Å². The highest BCUT2D eigenvalue weighted by Crippen LogP contribution is 2.13. The molecule has 0 fully saturated rings. The third-order valence-electron chi connectivity index (χ3n) is 6.33. The summed E-state index contributed by atoms with van der Waals surface area (Å²) in [6.07, 6.45) is 29.7. The average molecular weight is 411 g/mol. The molecule has 0 aromatic heterocycles. The Morgan fingerprint density at radius 3 is 1.00 bits per heavy atom. The first kappa shape index (κ1) is 28.9. The van der Waals surface area contributed by atoms with E-state index in [0.29, 0.717) is 0 Å². The zero-order chi connectivity index (χ0) is 21.3. The summed E-state index contributed by atoms with van der Waals surface area (Å²) >= 11 is 0. The first-order valence-electron chi connectivity index (χ1n) is 13.8. The van der Waals surface area contributed by atoms with E-state index in [2.05, 4.69) is 18.7 Å². The molecule has 0 saturated heterocycles. The van der Waals surface area contributed by atoms with Crippen molar-refractivity contribution >= 4 is 0 Å². The highest BCUT2D eigenvalue weighted by atomic mass is 15.1. The minimum Gasteiger partial charge on any atom is -0.330 e. The van der Waals surface area contributed by atoms with E-state index in [0.717, 1.165) is 6.54 Å². The molecule has 0 amide bonds. The van der Waals surface area contributed by atoms with Crippen molar-refractivity contribution in [1.29, 1.82) is 0 Å². The molecule has 0 radical (unpaired) electrons. The quantitative estimate of drug-likeness (QED) is 0.153. The van der Waals surface area contributed by atoms with Crippen molar-refractivity contribution < 1.29 is 0 Å². The average Bonchev–Trinajstić information content (AvgIpc) is 2.73. The summed E-state index contributed by atoms with van der Waals surface area (Å²) in [5.41, 5.74) is 5.64. The Hall–Kier alpha value is -0.0800. The lowest BCUT2D eigenvalue weighted by Crippen LogP contribution is -2.27. The Morgan fingerprint density at radius 1 is 0.379 bits per heavy atom. The third kappa shape index (κ3) is 24.1. The molecule has 0 bridgehead atoms. The molecule has 0 aromatic rings. The predicted octanol–water partition coefficient (Wildman–Crippen LogP) is 8.48. The summed E-state index contributed by atoms with van der Waals surface area (Å²) in [4.78, 5) is 2.74. The fourth-order valence-corrected chi connectivity index (χ4v) is 4.28. The van der Waals surface area contributed by atoms with Crippen molar-refractivity contribution in [3.05, 3.63) is 0 Å². The van der Waals surface area contributed by atoms with Gasteiger partial charge in [-0.15, -0.1) is 0 Å². The standard InChI is InChI=1S/C27H58N2/c1-3-5-7-9-10-11-12-13-14-15-16-17-18-22-26-29(25-21-8-6-4-2)27-23-19-20-24-28/h3-28H2,1-2H3. The van der Waals surface area contributed by atoms with Crippen molar-refractivity contribution in [2.24, 2.45) is 5.73 Å². The SMILES string of the molecule is CCCCCCCCCCCCCCCCN(CCCCCC)CCCCCN. The van der Waals surface area contributed by atoms with Gasteiger partial charge < -0.3 is 10.6 Å². The third-order valence-corrected chi connectivity index (χ3v) is 6.33. The Balaban J connectivity index is 3.50. The first-order chi connectivity index (χ1) is 14.3. The number of nitrogens with zero attached hydrogens (tertiary/aromatic N) is 1. The lowest BCUT2D eigenvalue weighted by molar-refractivity contribution is 0.255. The summed E-state index contributed by atoms with van der Waals surface area (Å²) in [7, 11) is 0. The smallest absolute Gasteiger partial charge is 0.00187 e. The fraction of sp³-hybridized carbons (Fsp3) is 1.00. The van der Waals surface area contributed by atoms with E-state index >= 15 is 0 Å². The van der Waals surface area contributed by atoms with Gasteiger partial charge in [0.25, 0.3) is 0 Å². The molecule has 2 heteroatoms. The number of nitrogens with two attached hydrogens (primary N) is 1. The molecular weight excluding hydrogens is 352 g/mol. The van der Waals surface area contributed by atoms with Gasteiger partial charge in [0.2, 0.25) is 0 Å². The Bertz CT molecular complexity index is 268. The lowest BCUT2D eigenvalue weighted by atomic mass is 10.0. The topological polar surface area (TPSA) is 29.3 Å². The van der Waals surface area contributed by atoms with Crippen LogP contribution in [0.15, 0.2) is 0 Å². The molecule has 0 saturated carbocycles. The van der Waals surface area contributed by atoms with Gasteiger partial charge in [0.05, 0.1) is 0 Å². The van der Waals surface area contributed by atoms with E-state index in [1.807, 2.05) is 0 Å². The highest BCUT2D eigenvalue weighted by molar-refractivity contribution is 4.60. The van der Waals surface area contributed by atoms with Gasteiger partial charge in [-0.1, -0.05) is 123 Å². The predicted molar refractivity (Wildman–Crippen MR) is 134 cm³/mol. The van der Waals surface area contributed by atoms with E-state index in [-0.39, 0.29) is 0 Å². The van der Waals surface area contributed by atoms with Crippen LogP contribution in [0.2, 0.25) is 0 Å². The van der Waals surface area contributed by atoms with E-state index in [1.54, 1.807) is 0 Å².